The molecule has 0 fully saturated rings. The summed E-state index contributed by atoms with van der Waals surface area (Å²) < 4.78 is 7.50. The fraction of sp³-hybridized carbons (Fsp3) is 0.286. The van der Waals surface area contributed by atoms with Gasteiger partial charge < -0.3 is 15.7 Å². The first-order valence-corrected chi connectivity index (χ1v) is 6.20. The Hall–Kier alpha value is -2.50. The standard InChI is InChI=1S/C14H18N4O2/c1-8-5-6-9(2)11(7-8)20-14-12(13(15)17-19)10(3)16-18(14)4/h5-7,19H,1-4H3,(H2,15,17). The fourth-order valence-corrected chi connectivity index (χ4v) is 2.02. The number of oxime groups is 1. The Morgan fingerprint density at radius 3 is 2.70 bits per heavy atom. The Labute approximate surface area is 117 Å². The molecule has 0 aliphatic heterocycles. The van der Waals surface area contributed by atoms with Crippen LogP contribution in [-0.4, -0.2) is 20.8 Å². The lowest BCUT2D eigenvalue weighted by molar-refractivity contribution is 0.318. The molecule has 2 rings (SSSR count). The van der Waals surface area contributed by atoms with Gasteiger partial charge in [0.1, 0.15) is 11.3 Å². The van der Waals surface area contributed by atoms with Crippen molar-refractivity contribution in [2.75, 3.05) is 0 Å². The highest BCUT2D eigenvalue weighted by molar-refractivity contribution is 6.00. The summed E-state index contributed by atoms with van der Waals surface area (Å²) in [5.74, 6) is 1.15. The normalized spacial score (nSPS) is 11.7. The Balaban J connectivity index is 2.51. The van der Waals surface area contributed by atoms with Crippen LogP contribution < -0.4 is 10.5 Å². The maximum absolute atomic E-state index is 8.88. The van der Waals surface area contributed by atoms with Crippen molar-refractivity contribution < 1.29 is 9.94 Å². The molecular formula is C14H18N4O2. The summed E-state index contributed by atoms with van der Waals surface area (Å²) in [7, 11) is 1.75. The molecule has 0 amide bonds. The third-order valence-corrected chi connectivity index (χ3v) is 3.08. The lowest BCUT2D eigenvalue weighted by Gasteiger charge is -2.11. The predicted molar refractivity (Wildman–Crippen MR) is 76.4 cm³/mol. The molecule has 0 radical (unpaired) electrons. The van der Waals surface area contributed by atoms with E-state index in [1.807, 2.05) is 32.0 Å². The monoisotopic (exact) mass is 274 g/mol. The van der Waals surface area contributed by atoms with Crippen LogP contribution in [0.15, 0.2) is 23.4 Å². The van der Waals surface area contributed by atoms with Crippen molar-refractivity contribution in [3.63, 3.8) is 0 Å². The van der Waals surface area contributed by atoms with E-state index in [0.717, 1.165) is 16.9 Å². The molecule has 0 bridgehead atoms. The van der Waals surface area contributed by atoms with Crippen molar-refractivity contribution in [2.24, 2.45) is 17.9 Å². The molecule has 3 N–H and O–H groups in total. The average Bonchev–Trinajstić information content (AvgIpc) is 2.68. The third kappa shape index (κ3) is 2.45. The minimum Gasteiger partial charge on any atom is -0.438 e. The third-order valence-electron chi connectivity index (χ3n) is 3.08. The maximum Gasteiger partial charge on any atom is 0.229 e. The van der Waals surface area contributed by atoms with Crippen LogP contribution in [0.4, 0.5) is 0 Å². The van der Waals surface area contributed by atoms with E-state index < -0.39 is 0 Å². The lowest BCUT2D eigenvalue weighted by atomic mass is 10.1. The molecule has 0 saturated heterocycles. The summed E-state index contributed by atoms with van der Waals surface area (Å²) in [5, 5.41) is 16.2. The van der Waals surface area contributed by atoms with E-state index in [-0.39, 0.29) is 5.84 Å². The number of nitrogens with zero attached hydrogens (tertiary/aromatic N) is 3. The summed E-state index contributed by atoms with van der Waals surface area (Å²) in [5.41, 5.74) is 8.93. The van der Waals surface area contributed by atoms with Crippen LogP contribution in [0.3, 0.4) is 0 Å². The molecule has 1 heterocycles. The molecular weight excluding hydrogens is 256 g/mol. The second-order valence-corrected chi connectivity index (χ2v) is 4.75. The maximum atomic E-state index is 8.88. The van der Waals surface area contributed by atoms with Crippen molar-refractivity contribution in [1.82, 2.24) is 9.78 Å². The van der Waals surface area contributed by atoms with E-state index in [0.29, 0.717) is 17.1 Å². The molecule has 1 aromatic heterocycles. The second-order valence-electron chi connectivity index (χ2n) is 4.75. The summed E-state index contributed by atoms with van der Waals surface area (Å²) in [6.07, 6.45) is 0. The fourth-order valence-electron chi connectivity index (χ4n) is 2.02. The zero-order chi connectivity index (χ0) is 14.9. The van der Waals surface area contributed by atoms with Crippen molar-refractivity contribution in [3.8, 4) is 11.6 Å². The number of hydrogen-bond acceptors (Lipinski definition) is 4. The van der Waals surface area contributed by atoms with E-state index in [9.17, 15) is 0 Å². The molecule has 0 aliphatic rings. The lowest BCUT2D eigenvalue weighted by Crippen LogP contribution is -2.15. The van der Waals surface area contributed by atoms with Crippen LogP contribution in [0.25, 0.3) is 0 Å². The molecule has 0 aliphatic carbocycles. The summed E-state index contributed by atoms with van der Waals surface area (Å²) in [6, 6.07) is 5.94. The van der Waals surface area contributed by atoms with Crippen molar-refractivity contribution in [2.45, 2.75) is 20.8 Å². The molecule has 106 valence electrons. The molecule has 0 unspecified atom stereocenters. The molecule has 1 aromatic carbocycles. The molecule has 0 saturated carbocycles. The van der Waals surface area contributed by atoms with Gasteiger partial charge in [-0.2, -0.15) is 5.10 Å². The number of hydrogen-bond donors (Lipinski definition) is 2. The number of aromatic nitrogens is 2. The van der Waals surface area contributed by atoms with Gasteiger partial charge in [-0.05, 0) is 38.0 Å². The summed E-state index contributed by atoms with van der Waals surface area (Å²) in [6.45, 7) is 5.73. The number of ether oxygens (including phenoxy) is 1. The Kier molecular flexibility index (Phi) is 3.65. The van der Waals surface area contributed by atoms with Gasteiger partial charge in [-0.1, -0.05) is 17.3 Å². The van der Waals surface area contributed by atoms with E-state index in [4.69, 9.17) is 15.7 Å². The van der Waals surface area contributed by atoms with E-state index >= 15 is 0 Å². The minimum atomic E-state index is -0.0177. The topological polar surface area (TPSA) is 85.7 Å². The van der Waals surface area contributed by atoms with Gasteiger partial charge in [0.05, 0.1) is 5.69 Å². The van der Waals surface area contributed by atoms with Gasteiger partial charge in [-0.25, -0.2) is 4.68 Å². The van der Waals surface area contributed by atoms with Gasteiger partial charge in [0.25, 0.3) is 0 Å². The quantitative estimate of drug-likeness (QED) is 0.389. The smallest absolute Gasteiger partial charge is 0.229 e. The van der Waals surface area contributed by atoms with Crippen molar-refractivity contribution in [3.05, 3.63) is 40.6 Å². The van der Waals surface area contributed by atoms with Gasteiger partial charge in [0.15, 0.2) is 5.84 Å². The highest BCUT2D eigenvalue weighted by Crippen LogP contribution is 2.29. The van der Waals surface area contributed by atoms with E-state index in [2.05, 4.69) is 10.3 Å². The zero-order valence-electron chi connectivity index (χ0n) is 12.0. The van der Waals surface area contributed by atoms with E-state index in [1.165, 1.54) is 0 Å². The van der Waals surface area contributed by atoms with Gasteiger partial charge >= 0.3 is 0 Å². The average molecular weight is 274 g/mol. The van der Waals surface area contributed by atoms with Crippen LogP contribution in [-0.2, 0) is 7.05 Å². The Bertz CT molecular complexity index is 674. The van der Waals surface area contributed by atoms with Crippen LogP contribution in [0, 0.1) is 20.8 Å². The zero-order valence-corrected chi connectivity index (χ0v) is 12.0. The van der Waals surface area contributed by atoms with Gasteiger partial charge in [-0.3, -0.25) is 0 Å². The van der Waals surface area contributed by atoms with Crippen LogP contribution >= 0.6 is 0 Å². The first-order chi connectivity index (χ1) is 9.43. The van der Waals surface area contributed by atoms with Crippen LogP contribution in [0.5, 0.6) is 11.6 Å². The van der Waals surface area contributed by atoms with Crippen LogP contribution in [0.1, 0.15) is 22.4 Å². The second kappa shape index (κ2) is 5.24. The van der Waals surface area contributed by atoms with Gasteiger partial charge in [-0.15, -0.1) is 0 Å². The van der Waals surface area contributed by atoms with Crippen molar-refractivity contribution in [1.29, 1.82) is 0 Å². The highest BCUT2D eigenvalue weighted by Gasteiger charge is 2.19. The summed E-state index contributed by atoms with van der Waals surface area (Å²) >= 11 is 0. The summed E-state index contributed by atoms with van der Waals surface area (Å²) in [4.78, 5) is 0. The molecule has 6 nitrogen and oxygen atoms in total. The predicted octanol–water partition coefficient (Wildman–Crippen LogP) is 2.23. The highest BCUT2D eigenvalue weighted by atomic mass is 16.5. The number of benzene rings is 1. The van der Waals surface area contributed by atoms with Crippen molar-refractivity contribution >= 4 is 5.84 Å². The van der Waals surface area contributed by atoms with E-state index in [1.54, 1.807) is 18.7 Å². The first kappa shape index (κ1) is 13.9. The molecule has 2 aromatic rings. The first-order valence-electron chi connectivity index (χ1n) is 6.20. The Morgan fingerprint density at radius 2 is 2.05 bits per heavy atom. The number of amidine groups is 1. The van der Waals surface area contributed by atoms with Crippen LogP contribution in [0.2, 0.25) is 0 Å². The molecule has 0 atom stereocenters. The number of rotatable bonds is 3. The number of nitrogens with two attached hydrogens (primary N) is 1. The Morgan fingerprint density at radius 1 is 1.35 bits per heavy atom. The van der Waals surface area contributed by atoms with Gasteiger partial charge in [0, 0.05) is 7.05 Å². The van der Waals surface area contributed by atoms with Gasteiger partial charge in [0.2, 0.25) is 5.88 Å². The molecule has 20 heavy (non-hydrogen) atoms. The minimum absolute atomic E-state index is 0.0177. The largest absolute Gasteiger partial charge is 0.438 e. The molecule has 6 heteroatoms. The SMILES string of the molecule is Cc1ccc(C)c(Oc2c(C(N)=NO)c(C)nn2C)c1. The molecule has 0 spiro atoms. The number of aryl methyl sites for hydroxylation is 4.